The molecule has 0 radical (unpaired) electrons. The van der Waals surface area contributed by atoms with E-state index < -0.39 is 24.6 Å². The Morgan fingerprint density at radius 2 is 2.25 bits per heavy atom. The summed E-state index contributed by atoms with van der Waals surface area (Å²) >= 11 is 0. The molecule has 1 aromatic heterocycles. The number of hydrogen-bond acceptors (Lipinski definition) is 6. The smallest absolute Gasteiger partial charge is 0.334 e. The number of rotatable bonds is 4. The topological polar surface area (TPSA) is 142 Å². The Hall–Kier alpha value is -2.23. The van der Waals surface area contributed by atoms with Gasteiger partial charge >= 0.3 is 12.0 Å². The molecule has 10 nitrogen and oxygen atoms in total. The zero-order valence-electron chi connectivity index (χ0n) is 8.28. The molecule has 1 heterocycles. The first-order valence-electron chi connectivity index (χ1n) is 4.18. The number of carbonyl (C=O) groups is 2. The maximum Gasteiger partial charge on any atom is 0.334 e. The summed E-state index contributed by atoms with van der Waals surface area (Å²) in [5.74, 6) is -1.44. The molecular formula is C6H10N6O4. The van der Waals surface area contributed by atoms with Gasteiger partial charge in [-0.3, -0.25) is 5.32 Å². The van der Waals surface area contributed by atoms with Crippen molar-refractivity contribution in [3.05, 3.63) is 0 Å². The van der Waals surface area contributed by atoms with Crippen LogP contribution < -0.4 is 10.6 Å². The molecule has 0 spiro atoms. The van der Waals surface area contributed by atoms with Crippen LogP contribution in [0, 0.1) is 0 Å². The first-order valence-corrected chi connectivity index (χ1v) is 4.18. The first kappa shape index (κ1) is 11.8. The molecule has 0 fully saturated rings. The minimum Gasteiger partial charge on any atom is -0.479 e. The van der Waals surface area contributed by atoms with Crippen molar-refractivity contribution in [1.82, 2.24) is 25.5 Å². The van der Waals surface area contributed by atoms with Gasteiger partial charge in [0.05, 0.1) is 13.6 Å². The number of nitrogens with zero attached hydrogens (tertiary/aromatic N) is 4. The second-order valence-electron chi connectivity index (χ2n) is 2.79. The van der Waals surface area contributed by atoms with Crippen molar-refractivity contribution in [1.29, 1.82) is 0 Å². The van der Waals surface area contributed by atoms with Gasteiger partial charge in [-0.1, -0.05) is 5.10 Å². The molecule has 0 saturated heterocycles. The highest BCUT2D eigenvalue weighted by Crippen LogP contribution is 1.91. The van der Waals surface area contributed by atoms with Crippen LogP contribution in [0.1, 0.15) is 0 Å². The summed E-state index contributed by atoms with van der Waals surface area (Å²) in [4.78, 5) is 22.5. The number of tetrazole rings is 1. The molecule has 1 aromatic rings. The van der Waals surface area contributed by atoms with Crippen LogP contribution in [0.5, 0.6) is 0 Å². The Kier molecular flexibility index (Phi) is 3.72. The lowest BCUT2D eigenvalue weighted by molar-refractivity contribution is -0.146. The van der Waals surface area contributed by atoms with E-state index in [0.29, 0.717) is 0 Å². The number of anilines is 1. The van der Waals surface area contributed by atoms with Crippen molar-refractivity contribution in [3.63, 3.8) is 0 Å². The van der Waals surface area contributed by atoms with E-state index in [2.05, 4.69) is 26.0 Å². The third-order valence-electron chi connectivity index (χ3n) is 1.47. The second kappa shape index (κ2) is 5.02. The van der Waals surface area contributed by atoms with Crippen LogP contribution in [-0.4, -0.2) is 55.1 Å². The van der Waals surface area contributed by atoms with Crippen molar-refractivity contribution in [2.24, 2.45) is 7.05 Å². The number of aromatic nitrogens is 4. The SMILES string of the molecule is Cn1nnc(NC(=O)NCC(O)C(=O)O)n1. The molecule has 0 saturated carbocycles. The predicted molar refractivity (Wildman–Crippen MR) is 49.5 cm³/mol. The summed E-state index contributed by atoms with van der Waals surface area (Å²) in [5, 5.41) is 32.1. The zero-order valence-corrected chi connectivity index (χ0v) is 8.28. The van der Waals surface area contributed by atoms with E-state index in [1.165, 1.54) is 7.05 Å². The van der Waals surface area contributed by atoms with Crippen LogP contribution in [0.15, 0.2) is 0 Å². The number of carboxylic acids is 1. The summed E-state index contributed by atoms with van der Waals surface area (Å²) in [7, 11) is 1.52. The molecule has 0 aliphatic carbocycles. The highest BCUT2D eigenvalue weighted by atomic mass is 16.4. The highest BCUT2D eigenvalue weighted by Gasteiger charge is 2.14. The fraction of sp³-hybridized carbons (Fsp3) is 0.500. The normalized spacial score (nSPS) is 11.9. The highest BCUT2D eigenvalue weighted by molar-refractivity contribution is 5.87. The molecule has 10 heteroatoms. The molecule has 0 aliphatic heterocycles. The summed E-state index contributed by atoms with van der Waals surface area (Å²) < 4.78 is 0. The van der Waals surface area contributed by atoms with Crippen LogP contribution in [0.2, 0.25) is 0 Å². The van der Waals surface area contributed by atoms with Gasteiger partial charge in [0, 0.05) is 0 Å². The largest absolute Gasteiger partial charge is 0.479 e. The van der Waals surface area contributed by atoms with Gasteiger partial charge in [-0.2, -0.15) is 4.80 Å². The Morgan fingerprint density at radius 3 is 2.75 bits per heavy atom. The van der Waals surface area contributed by atoms with E-state index in [-0.39, 0.29) is 5.95 Å². The van der Waals surface area contributed by atoms with Crippen molar-refractivity contribution < 1.29 is 19.8 Å². The van der Waals surface area contributed by atoms with Gasteiger partial charge in [0.25, 0.3) is 5.95 Å². The van der Waals surface area contributed by atoms with Gasteiger partial charge in [0.1, 0.15) is 0 Å². The average Bonchev–Trinajstić information content (AvgIpc) is 2.60. The van der Waals surface area contributed by atoms with Crippen molar-refractivity contribution >= 4 is 17.9 Å². The number of aliphatic hydroxyl groups is 1. The molecule has 0 bridgehead atoms. The predicted octanol–water partition coefficient (Wildman–Crippen LogP) is -2.22. The number of carbonyl (C=O) groups excluding carboxylic acids is 1. The van der Waals surface area contributed by atoms with Gasteiger partial charge < -0.3 is 15.5 Å². The molecule has 16 heavy (non-hydrogen) atoms. The van der Waals surface area contributed by atoms with Crippen LogP contribution in [-0.2, 0) is 11.8 Å². The average molecular weight is 230 g/mol. The standard InChI is InChI=1S/C6H10N6O4/c1-12-10-5(9-11-12)8-6(16)7-2-3(13)4(14)15/h3,13H,2H2,1H3,(H,14,15)(H2,7,8,10,16). The second-order valence-corrected chi connectivity index (χ2v) is 2.79. The number of nitrogens with one attached hydrogen (secondary N) is 2. The summed E-state index contributed by atoms with van der Waals surface area (Å²) in [6, 6.07) is -0.728. The van der Waals surface area contributed by atoms with E-state index in [4.69, 9.17) is 10.2 Å². The van der Waals surface area contributed by atoms with Crippen LogP contribution in [0.4, 0.5) is 10.7 Å². The first-order chi connectivity index (χ1) is 7.49. The molecule has 4 N–H and O–H groups in total. The zero-order chi connectivity index (χ0) is 12.1. The van der Waals surface area contributed by atoms with Crippen molar-refractivity contribution in [2.75, 3.05) is 11.9 Å². The van der Waals surface area contributed by atoms with Crippen molar-refractivity contribution in [2.45, 2.75) is 6.10 Å². The number of carboxylic acid groups (broad SMARTS) is 1. The molecule has 88 valence electrons. The van der Waals surface area contributed by atoms with Gasteiger partial charge in [-0.15, -0.1) is 5.10 Å². The molecule has 1 unspecified atom stereocenters. The third-order valence-corrected chi connectivity index (χ3v) is 1.47. The fourth-order valence-corrected chi connectivity index (χ4v) is 0.757. The van der Waals surface area contributed by atoms with Gasteiger partial charge in [0.2, 0.25) is 0 Å². The summed E-state index contributed by atoms with van der Waals surface area (Å²) in [5.41, 5.74) is 0. The number of amides is 2. The number of aliphatic hydroxyl groups excluding tert-OH is 1. The number of hydrogen-bond donors (Lipinski definition) is 4. The van der Waals surface area contributed by atoms with Crippen molar-refractivity contribution in [3.8, 4) is 0 Å². The minimum atomic E-state index is -1.65. The van der Waals surface area contributed by atoms with Crippen LogP contribution in [0.25, 0.3) is 0 Å². The Morgan fingerprint density at radius 1 is 1.56 bits per heavy atom. The molecule has 2 amide bonds. The molecule has 1 atom stereocenters. The van der Waals surface area contributed by atoms with E-state index in [9.17, 15) is 9.59 Å². The van der Waals surface area contributed by atoms with E-state index in [1.807, 2.05) is 0 Å². The van der Waals surface area contributed by atoms with Crippen LogP contribution in [0.3, 0.4) is 0 Å². The fourth-order valence-electron chi connectivity index (χ4n) is 0.757. The maximum absolute atomic E-state index is 11.1. The molecule has 0 aromatic carbocycles. The lowest BCUT2D eigenvalue weighted by Gasteiger charge is -2.06. The van der Waals surface area contributed by atoms with Gasteiger partial charge in [0.15, 0.2) is 6.10 Å². The number of aliphatic carboxylic acids is 1. The Bertz CT molecular complexity index is 390. The lowest BCUT2D eigenvalue weighted by atomic mass is 10.4. The number of aryl methyl sites for hydroxylation is 1. The van der Waals surface area contributed by atoms with Crippen LogP contribution >= 0.6 is 0 Å². The minimum absolute atomic E-state index is 0.0233. The quantitative estimate of drug-likeness (QED) is 0.458. The molecule has 1 rings (SSSR count). The Labute approximate surface area is 89.3 Å². The maximum atomic E-state index is 11.1. The number of urea groups is 1. The molecule has 0 aliphatic rings. The summed E-state index contributed by atoms with van der Waals surface area (Å²) in [6.45, 7) is -0.415. The third kappa shape index (κ3) is 3.49. The van der Waals surface area contributed by atoms with Gasteiger partial charge in [-0.25, -0.2) is 9.59 Å². The van der Waals surface area contributed by atoms with Gasteiger partial charge in [-0.05, 0) is 5.21 Å². The van der Waals surface area contributed by atoms with E-state index in [0.717, 1.165) is 4.80 Å². The van der Waals surface area contributed by atoms with E-state index in [1.54, 1.807) is 0 Å². The monoisotopic (exact) mass is 230 g/mol. The van der Waals surface area contributed by atoms with E-state index >= 15 is 0 Å². The lowest BCUT2D eigenvalue weighted by Crippen LogP contribution is -2.38. The molecular weight excluding hydrogens is 220 g/mol. The summed E-state index contributed by atoms with van der Waals surface area (Å²) in [6.07, 6.45) is -1.65. The Balaban J connectivity index is 2.34.